The third kappa shape index (κ3) is 2.34. The first-order valence-corrected chi connectivity index (χ1v) is 7.74. The molecule has 5 heteroatoms. The maximum Gasteiger partial charge on any atom is 0.261 e. The molecule has 0 atom stereocenters. The number of nitrogens with one attached hydrogen (secondary N) is 1. The zero-order valence-electron chi connectivity index (χ0n) is 11.6. The zero-order chi connectivity index (χ0) is 14.4. The number of benzene rings is 1. The number of carbonyl (C=O) groups is 1. The standard InChI is InChI=1S/C16H14N2O2S/c1-20-12-4-5-13-9(7-12)6-10-8-14(21-16(10)18-13)15(19)17-11-2-3-11/h4-8,11H,2-3H2,1H3,(H,17,19). The molecule has 0 unspecified atom stereocenters. The van der Waals surface area contributed by atoms with Crippen molar-refractivity contribution >= 4 is 38.4 Å². The van der Waals surface area contributed by atoms with Crippen LogP contribution in [0.4, 0.5) is 0 Å². The molecule has 1 amide bonds. The molecule has 1 N–H and O–H groups in total. The summed E-state index contributed by atoms with van der Waals surface area (Å²) in [5, 5.41) is 5.04. The lowest BCUT2D eigenvalue weighted by Crippen LogP contribution is -2.24. The largest absolute Gasteiger partial charge is 0.497 e. The Morgan fingerprint density at radius 3 is 2.90 bits per heavy atom. The number of hydrogen-bond acceptors (Lipinski definition) is 4. The van der Waals surface area contributed by atoms with Crippen molar-refractivity contribution < 1.29 is 9.53 Å². The van der Waals surface area contributed by atoms with E-state index in [1.165, 1.54) is 11.3 Å². The Hall–Kier alpha value is -2.14. The number of hydrogen-bond donors (Lipinski definition) is 1. The van der Waals surface area contributed by atoms with Crippen molar-refractivity contribution in [2.24, 2.45) is 0 Å². The van der Waals surface area contributed by atoms with E-state index >= 15 is 0 Å². The van der Waals surface area contributed by atoms with E-state index in [2.05, 4.69) is 16.4 Å². The monoisotopic (exact) mass is 298 g/mol. The normalized spacial score (nSPS) is 14.5. The lowest BCUT2D eigenvalue weighted by atomic mass is 10.2. The summed E-state index contributed by atoms with van der Waals surface area (Å²) in [4.78, 5) is 18.4. The Morgan fingerprint density at radius 1 is 1.29 bits per heavy atom. The van der Waals surface area contributed by atoms with Crippen LogP contribution < -0.4 is 10.1 Å². The molecule has 1 aliphatic carbocycles. The molecule has 0 aliphatic heterocycles. The fourth-order valence-corrected chi connectivity index (χ4v) is 3.26. The maximum absolute atomic E-state index is 12.1. The van der Waals surface area contributed by atoms with Gasteiger partial charge in [-0.25, -0.2) is 4.98 Å². The number of rotatable bonds is 3. The average Bonchev–Trinajstić information content (AvgIpc) is 3.21. The highest BCUT2D eigenvalue weighted by Crippen LogP contribution is 2.29. The van der Waals surface area contributed by atoms with E-state index in [1.54, 1.807) is 7.11 Å². The molecule has 106 valence electrons. The van der Waals surface area contributed by atoms with Gasteiger partial charge >= 0.3 is 0 Å². The minimum absolute atomic E-state index is 0.0159. The SMILES string of the molecule is COc1ccc2nc3sc(C(=O)NC4CC4)cc3cc2c1. The molecule has 21 heavy (non-hydrogen) atoms. The Labute approximate surface area is 125 Å². The molecule has 1 fully saturated rings. The first-order chi connectivity index (χ1) is 10.2. The van der Waals surface area contributed by atoms with Gasteiger partial charge in [0, 0.05) is 16.8 Å². The van der Waals surface area contributed by atoms with Crippen LogP contribution in [0.2, 0.25) is 0 Å². The van der Waals surface area contributed by atoms with Gasteiger partial charge in [0.25, 0.3) is 5.91 Å². The summed E-state index contributed by atoms with van der Waals surface area (Å²) in [6, 6.07) is 10.2. The summed E-state index contributed by atoms with van der Waals surface area (Å²) in [5.74, 6) is 0.827. The number of amides is 1. The van der Waals surface area contributed by atoms with E-state index < -0.39 is 0 Å². The fraction of sp³-hybridized carbons (Fsp3) is 0.250. The molecule has 4 rings (SSSR count). The van der Waals surface area contributed by atoms with E-state index in [1.807, 2.05) is 24.3 Å². The lowest BCUT2D eigenvalue weighted by molar-refractivity contribution is 0.0955. The van der Waals surface area contributed by atoms with Crippen LogP contribution in [-0.4, -0.2) is 24.0 Å². The van der Waals surface area contributed by atoms with Crippen molar-refractivity contribution in [2.45, 2.75) is 18.9 Å². The Kier molecular flexibility index (Phi) is 2.82. The van der Waals surface area contributed by atoms with Crippen LogP contribution in [0, 0.1) is 0 Å². The Morgan fingerprint density at radius 2 is 2.14 bits per heavy atom. The topological polar surface area (TPSA) is 51.2 Å². The molecule has 2 heterocycles. The smallest absolute Gasteiger partial charge is 0.261 e. The van der Waals surface area contributed by atoms with Gasteiger partial charge in [-0.1, -0.05) is 0 Å². The molecule has 1 aliphatic rings. The Balaban J connectivity index is 1.78. The second-order valence-corrected chi connectivity index (χ2v) is 6.33. The van der Waals surface area contributed by atoms with Crippen LogP contribution in [-0.2, 0) is 0 Å². The highest BCUT2D eigenvalue weighted by atomic mass is 32.1. The van der Waals surface area contributed by atoms with Crippen LogP contribution in [0.5, 0.6) is 5.75 Å². The van der Waals surface area contributed by atoms with Crippen LogP contribution >= 0.6 is 11.3 Å². The molecule has 3 aromatic rings. The molecule has 4 nitrogen and oxygen atoms in total. The van der Waals surface area contributed by atoms with Gasteiger partial charge < -0.3 is 10.1 Å². The molecule has 0 spiro atoms. The van der Waals surface area contributed by atoms with Gasteiger partial charge in [0.15, 0.2) is 0 Å². The van der Waals surface area contributed by atoms with Crippen LogP contribution in [0.25, 0.3) is 21.1 Å². The zero-order valence-corrected chi connectivity index (χ0v) is 12.4. The summed E-state index contributed by atoms with van der Waals surface area (Å²) >= 11 is 1.45. The number of fused-ring (bicyclic) bond motifs is 2. The number of carbonyl (C=O) groups excluding carboxylic acids is 1. The van der Waals surface area contributed by atoms with Crippen molar-refractivity contribution in [2.75, 3.05) is 7.11 Å². The maximum atomic E-state index is 12.1. The van der Waals surface area contributed by atoms with E-state index in [0.29, 0.717) is 6.04 Å². The third-order valence-corrected chi connectivity index (χ3v) is 4.69. The van der Waals surface area contributed by atoms with Gasteiger partial charge in [-0.05, 0) is 43.2 Å². The van der Waals surface area contributed by atoms with Crippen LogP contribution in [0.3, 0.4) is 0 Å². The van der Waals surface area contributed by atoms with Crippen molar-refractivity contribution in [1.29, 1.82) is 0 Å². The second kappa shape index (κ2) is 4.70. The number of aromatic nitrogens is 1. The number of ether oxygens (including phenoxy) is 1. The summed E-state index contributed by atoms with van der Waals surface area (Å²) in [6.45, 7) is 0. The molecular formula is C16H14N2O2S. The van der Waals surface area contributed by atoms with Gasteiger partial charge in [0.2, 0.25) is 0 Å². The highest BCUT2D eigenvalue weighted by molar-refractivity contribution is 7.20. The van der Waals surface area contributed by atoms with Gasteiger partial charge in [-0.2, -0.15) is 0 Å². The molecule has 2 aromatic heterocycles. The van der Waals surface area contributed by atoms with Crippen molar-refractivity contribution in [3.63, 3.8) is 0 Å². The molecular weight excluding hydrogens is 284 g/mol. The van der Waals surface area contributed by atoms with Crippen LogP contribution in [0.15, 0.2) is 30.3 Å². The van der Waals surface area contributed by atoms with Crippen molar-refractivity contribution in [1.82, 2.24) is 10.3 Å². The second-order valence-electron chi connectivity index (χ2n) is 5.30. The summed E-state index contributed by atoms with van der Waals surface area (Å²) in [5.41, 5.74) is 0.916. The van der Waals surface area contributed by atoms with Crippen LogP contribution in [0.1, 0.15) is 22.5 Å². The van der Waals surface area contributed by atoms with Gasteiger partial charge in [-0.15, -0.1) is 11.3 Å². The van der Waals surface area contributed by atoms with Crippen molar-refractivity contribution in [3.8, 4) is 5.75 Å². The lowest BCUT2D eigenvalue weighted by Gasteiger charge is -2.01. The number of nitrogens with zero attached hydrogens (tertiary/aromatic N) is 1. The van der Waals surface area contributed by atoms with E-state index in [9.17, 15) is 4.79 Å². The van der Waals surface area contributed by atoms with Gasteiger partial charge in [0.1, 0.15) is 10.6 Å². The highest BCUT2D eigenvalue weighted by Gasteiger charge is 2.24. The fourth-order valence-electron chi connectivity index (χ4n) is 2.34. The first kappa shape index (κ1) is 12.6. The Bertz CT molecular complexity index is 852. The van der Waals surface area contributed by atoms with E-state index in [0.717, 1.165) is 44.6 Å². The van der Waals surface area contributed by atoms with E-state index in [4.69, 9.17) is 4.74 Å². The number of pyridine rings is 1. The van der Waals surface area contributed by atoms with Gasteiger partial charge in [-0.3, -0.25) is 4.79 Å². The number of methoxy groups -OCH3 is 1. The summed E-state index contributed by atoms with van der Waals surface area (Å²) in [7, 11) is 1.65. The average molecular weight is 298 g/mol. The van der Waals surface area contributed by atoms with Crippen molar-refractivity contribution in [3.05, 3.63) is 35.2 Å². The summed E-state index contributed by atoms with van der Waals surface area (Å²) in [6.07, 6.45) is 2.19. The predicted octanol–water partition coefficient (Wildman–Crippen LogP) is 3.35. The molecule has 1 aromatic carbocycles. The minimum atomic E-state index is 0.0159. The first-order valence-electron chi connectivity index (χ1n) is 6.92. The molecule has 0 bridgehead atoms. The van der Waals surface area contributed by atoms with E-state index in [-0.39, 0.29) is 5.91 Å². The van der Waals surface area contributed by atoms with Gasteiger partial charge in [0.05, 0.1) is 17.5 Å². The molecule has 1 saturated carbocycles. The minimum Gasteiger partial charge on any atom is -0.497 e. The predicted molar refractivity (Wildman–Crippen MR) is 84.2 cm³/mol. The molecule has 0 saturated heterocycles. The number of thiophene rings is 1. The third-order valence-electron chi connectivity index (χ3n) is 3.64. The summed E-state index contributed by atoms with van der Waals surface area (Å²) < 4.78 is 5.24. The quantitative estimate of drug-likeness (QED) is 0.806. The molecule has 0 radical (unpaired) electrons.